The molecule has 1 aromatic heterocycles. The largest absolute Gasteiger partial charge is 0.480 e. The number of hydrogen-bond acceptors (Lipinski definition) is 8. The molecule has 6 fully saturated rings. The summed E-state index contributed by atoms with van der Waals surface area (Å²) in [7, 11) is 1.46. The number of fused-ring (bicyclic) bond motifs is 2. The maximum atomic E-state index is 13.9. The predicted molar refractivity (Wildman–Crippen MR) is 154 cm³/mol. The number of benzene rings is 1. The molecule has 5 aliphatic carbocycles. The molecule has 230 valence electrons. The number of morpholine rings is 1. The molecule has 4 bridgehead atoms. The number of carbonyl (C=O) groups is 2. The molecule has 4 atom stereocenters. The molecule has 2 heterocycles. The SMILES string of the molecule is COc1ncnc(NC23CC(N4CCOCC4)(C2)C3)c1C(=O)N[C@@H]1[C@H]2CC[C@H](C2)[C@@H]1C(=O)Nc1cccc(C(F)(F)Cl)c1. The molecule has 10 nitrogen and oxygen atoms in total. The number of ether oxygens (including phenoxy) is 2. The summed E-state index contributed by atoms with van der Waals surface area (Å²) < 4.78 is 38.3. The van der Waals surface area contributed by atoms with E-state index in [4.69, 9.17) is 21.1 Å². The third-order valence-corrected chi connectivity index (χ3v) is 10.5. The number of halogens is 3. The Morgan fingerprint density at radius 3 is 2.60 bits per heavy atom. The van der Waals surface area contributed by atoms with E-state index in [1.807, 2.05) is 0 Å². The van der Waals surface area contributed by atoms with E-state index in [0.29, 0.717) is 5.82 Å². The van der Waals surface area contributed by atoms with Crippen LogP contribution in [0.1, 0.15) is 54.4 Å². The zero-order chi connectivity index (χ0) is 30.0. The van der Waals surface area contributed by atoms with Crippen LogP contribution in [0.2, 0.25) is 0 Å². The van der Waals surface area contributed by atoms with Gasteiger partial charge in [-0.15, -0.1) is 0 Å². The second-order valence-electron chi connectivity index (χ2n) is 12.8. The molecule has 6 aliphatic rings. The first-order valence-electron chi connectivity index (χ1n) is 14.9. The lowest BCUT2D eigenvalue weighted by Crippen LogP contribution is -2.82. The molecule has 2 aromatic rings. The van der Waals surface area contributed by atoms with E-state index in [0.717, 1.165) is 64.8 Å². The average Bonchev–Trinajstić information content (AvgIpc) is 3.56. The molecule has 3 N–H and O–H groups in total. The van der Waals surface area contributed by atoms with Crippen LogP contribution in [0.4, 0.5) is 20.3 Å². The van der Waals surface area contributed by atoms with Crippen molar-refractivity contribution in [3.05, 3.63) is 41.7 Å². The van der Waals surface area contributed by atoms with Crippen molar-refractivity contribution in [2.45, 2.75) is 61.0 Å². The van der Waals surface area contributed by atoms with Gasteiger partial charge >= 0.3 is 5.38 Å². The van der Waals surface area contributed by atoms with E-state index in [1.54, 1.807) is 6.07 Å². The van der Waals surface area contributed by atoms with E-state index in [-0.39, 0.29) is 46.0 Å². The molecular weight excluding hydrogens is 582 g/mol. The van der Waals surface area contributed by atoms with Gasteiger partial charge in [-0.05, 0) is 74.1 Å². The molecule has 1 aliphatic heterocycles. The van der Waals surface area contributed by atoms with Crippen molar-refractivity contribution in [2.24, 2.45) is 17.8 Å². The van der Waals surface area contributed by atoms with E-state index < -0.39 is 28.8 Å². The predicted octanol–water partition coefficient (Wildman–Crippen LogP) is 3.98. The number of hydrogen-bond donors (Lipinski definition) is 3. The molecule has 1 aromatic carbocycles. The Hall–Kier alpha value is -3.09. The van der Waals surface area contributed by atoms with Gasteiger partial charge in [0.25, 0.3) is 5.91 Å². The number of aromatic nitrogens is 2. The molecular formula is C30H35ClF2N6O4. The molecule has 5 saturated carbocycles. The monoisotopic (exact) mass is 616 g/mol. The van der Waals surface area contributed by atoms with Gasteiger partial charge in [0, 0.05) is 41.5 Å². The summed E-state index contributed by atoms with van der Waals surface area (Å²) in [6.45, 7) is 3.39. The summed E-state index contributed by atoms with van der Waals surface area (Å²) >= 11 is 5.19. The van der Waals surface area contributed by atoms with Gasteiger partial charge in [-0.3, -0.25) is 14.5 Å². The zero-order valence-electron chi connectivity index (χ0n) is 23.9. The summed E-state index contributed by atoms with van der Waals surface area (Å²) in [5.41, 5.74) is 0.109. The second-order valence-corrected chi connectivity index (χ2v) is 13.3. The van der Waals surface area contributed by atoms with Crippen LogP contribution in [-0.4, -0.2) is 77.2 Å². The lowest BCUT2D eigenvalue weighted by atomic mass is 9.43. The number of anilines is 2. The van der Waals surface area contributed by atoms with E-state index in [1.165, 1.54) is 31.6 Å². The second kappa shape index (κ2) is 10.5. The minimum Gasteiger partial charge on any atom is -0.480 e. The van der Waals surface area contributed by atoms with Crippen LogP contribution in [0.25, 0.3) is 0 Å². The first kappa shape index (κ1) is 28.7. The van der Waals surface area contributed by atoms with Crippen LogP contribution < -0.4 is 20.7 Å². The van der Waals surface area contributed by atoms with Crippen molar-refractivity contribution < 1.29 is 27.8 Å². The standard InChI is InChI=1S/C30H35ClF2N6O4/c1-42-27-22(24(34-16-35-27)38-28-13-29(14-28,15-28)39-7-9-43-10-8-39)26(41)37-23-18-6-5-17(11-18)21(23)25(40)36-20-4-2-3-19(12-20)30(31,32)33/h2-4,12,16-18,21,23H,5-11,13-15H2,1H3,(H,36,40)(H,37,41)(H,34,35,38)/t17-,18+,21+,23-,28?,29?/m1/s1. The highest BCUT2D eigenvalue weighted by Gasteiger charge is 2.70. The molecule has 43 heavy (non-hydrogen) atoms. The number of methoxy groups -OCH3 is 1. The van der Waals surface area contributed by atoms with Crippen molar-refractivity contribution >= 4 is 34.9 Å². The van der Waals surface area contributed by atoms with E-state index in [9.17, 15) is 18.4 Å². The van der Waals surface area contributed by atoms with E-state index >= 15 is 0 Å². The lowest BCUT2D eigenvalue weighted by Gasteiger charge is -2.74. The van der Waals surface area contributed by atoms with Gasteiger partial charge in [0.1, 0.15) is 17.7 Å². The number of alkyl halides is 3. The van der Waals surface area contributed by atoms with Crippen molar-refractivity contribution in [3.8, 4) is 5.88 Å². The number of nitrogens with one attached hydrogen (secondary N) is 3. The third kappa shape index (κ3) is 5.01. The molecule has 2 amide bonds. The van der Waals surface area contributed by atoms with Gasteiger partial charge in [-0.2, -0.15) is 8.78 Å². The first-order chi connectivity index (χ1) is 20.6. The fourth-order valence-electron chi connectivity index (χ4n) is 8.41. The van der Waals surface area contributed by atoms with Crippen molar-refractivity contribution in [2.75, 3.05) is 44.0 Å². The Bertz CT molecular complexity index is 1410. The first-order valence-corrected chi connectivity index (χ1v) is 15.3. The Morgan fingerprint density at radius 1 is 1.14 bits per heavy atom. The Kier molecular flexibility index (Phi) is 7.01. The van der Waals surface area contributed by atoms with E-state index in [2.05, 4.69) is 30.8 Å². The normalized spacial score (nSPS) is 32.8. The number of carbonyl (C=O) groups excluding carboxylic acids is 2. The van der Waals surface area contributed by atoms with Gasteiger partial charge in [0.05, 0.1) is 26.2 Å². The van der Waals surface area contributed by atoms with Crippen LogP contribution in [0.15, 0.2) is 30.6 Å². The van der Waals surface area contributed by atoms with Crippen molar-refractivity contribution in [3.63, 3.8) is 0 Å². The number of nitrogens with zero attached hydrogens (tertiary/aromatic N) is 3. The van der Waals surface area contributed by atoms with Gasteiger partial charge in [0.15, 0.2) is 0 Å². The Balaban J connectivity index is 1.07. The van der Waals surface area contributed by atoms with Crippen LogP contribution in [0.5, 0.6) is 5.88 Å². The fourth-order valence-corrected chi connectivity index (χ4v) is 8.53. The summed E-state index contributed by atoms with van der Waals surface area (Å²) in [6.07, 6.45) is 6.87. The molecule has 8 rings (SSSR count). The minimum atomic E-state index is -3.55. The highest BCUT2D eigenvalue weighted by molar-refractivity contribution is 6.21. The smallest absolute Gasteiger partial charge is 0.348 e. The van der Waals surface area contributed by atoms with Crippen LogP contribution >= 0.6 is 11.6 Å². The quantitative estimate of drug-likeness (QED) is 0.362. The lowest BCUT2D eigenvalue weighted by molar-refractivity contribution is -0.172. The Morgan fingerprint density at radius 2 is 1.88 bits per heavy atom. The topological polar surface area (TPSA) is 118 Å². The van der Waals surface area contributed by atoms with Gasteiger partial charge in [0.2, 0.25) is 11.8 Å². The average molecular weight is 617 g/mol. The van der Waals surface area contributed by atoms with Crippen LogP contribution in [-0.2, 0) is 14.9 Å². The van der Waals surface area contributed by atoms with Crippen molar-refractivity contribution in [1.82, 2.24) is 20.2 Å². The number of amides is 2. The van der Waals surface area contributed by atoms with Gasteiger partial charge < -0.3 is 25.4 Å². The summed E-state index contributed by atoms with van der Waals surface area (Å²) in [6, 6.07) is 4.92. The number of rotatable bonds is 9. The minimum absolute atomic E-state index is 0.0802. The van der Waals surface area contributed by atoms with Crippen molar-refractivity contribution in [1.29, 1.82) is 0 Å². The Labute approximate surface area is 253 Å². The molecule has 1 saturated heterocycles. The maximum absolute atomic E-state index is 13.9. The molecule has 0 unspecified atom stereocenters. The molecule has 0 spiro atoms. The van der Waals surface area contributed by atoms with Gasteiger partial charge in [-0.25, -0.2) is 9.97 Å². The maximum Gasteiger partial charge on any atom is 0.348 e. The summed E-state index contributed by atoms with van der Waals surface area (Å²) in [5, 5.41) is 5.91. The molecule has 13 heteroatoms. The van der Waals surface area contributed by atoms with Gasteiger partial charge in [-0.1, -0.05) is 12.1 Å². The van der Waals surface area contributed by atoms with Crippen LogP contribution in [0.3, 0.4) is 0 Å². The zero-order valence-corrected chi connectivity index (χ0v) is 24.6. The summed E-state index contributed by atoms with van der Waals surface area (Å²) in [5.74, 6) is -0.452. The third-order valence-electron chi connectivity index (χ3n) is 10.3. The van der Waals surface area contributed by atoms with Crippen LogP contribution in [0, 0.1) is 17.8 Å². The summed E-state index contributed by atoms with van der Waals surface area (Å²) in [4.78, 5) is 38.6. The molecule has 0 radical (unpaired) electrons. The highest BCUT2D eigenvalue weighted by atomic mass is 35.5. The fraction of sp³-hybridized carbons (Fsp3) is 0.600. The highest BCUT2D eigenvalue weighted by Crippen LogP contribution is 2.65.